The summed E-state index contributed by atoms with van der Waals surface area (Å²) in [5, 5.41) is 0. The van der Waals surface area contributed by atoms with Crippen molar-refractivity contribution in [3.63, 3.8) is 0 Å². The second-order valence-corrected chi connectivity index (χ2v) is 9.79. The van der Waals surface area contributed by atoms with Crippen LogP contribution in [0.5, 0.6) is 17.2 Å². The number of esters is 1. The van der Waals surface area contributed by atoms with E-state index in [4.69, 9.17) is 14.2 Å². The Morgan fingerprint density at radius 3 is 2.11 bits per heavy atom. The molecule has 0 unspecified atom stereocenters. The van der Waals surface area contributed by atoms with E-state index in [0.717, 1.165) is 30.1 Å². The Labute approximate surface area is 210 Å². The summed E-state index contributed by atoms with van der Waals surface area (Å²) in [6.07, 6.45) is 16.2. The van der Waals surface area contributed by atoms with Crippen LogP contribution in [0.2, 0.25) is 0 Å². The van der Waals surface area contributed by atoms with Crippen molar-refractivity contribution < 1.29 is 23.4 Å². The van der Waals surface area contributed by atoms with E-state index in [1.54, 1.807) is 24.3 Å². The van der Waals surface area contributed by atoms with Crippen molar-refractivity contribution in [2.24, 2.45) is 11.8 Å². The molecule has 2 aromatic rings. The molecule has 0 radical (unpaired) electrons. The predicted octanol–water partition coefficient (Wildman–Crippen LogP) is 8.38. The molecule has 2 aromatic carbocycles. The molecule has 3 rings (SSSR count). The summed E-state index contributed by atoms with van der Waals surface area (Å²) >= 11 is 0. The predicted molar refractivity (Wildman–Crippen MR) is 138 cm³/mol. The molecule has 0 bridgehead atoms. The van der Waals surface area contributed by atoms with E-state index in [9.17, 15) is 9.18 Å². The molecule has 0 N–H and O–H groups in total. The van der Waals surface area contributed by atoms with Gasteiger partial charge in [0, 0.05) is 0 Å². The number of benzene rings is 2. The summed E-state index contributed by atoms with van der Waals surface area (Å²) in [7, 11) is 1.38. The summed E-state index contributed by atoms with van der Waals surface area (Å²) in [6.45, 7) is 2.97. The fourth-order valence-electron chi connectivity index (χ4n) is 4.97. The minimum absolute atomic E-state index is 0.0869. The van der Waals surface area contributed by atoms with Crippen LogP contribution in [0.4, 0.5) is 4.39 Å². The first-order chi connectivity index (χ1) is 17.1. The number of methoxy groups -OCH3 is 1. The highest BCUT2D eigenvalue weighted by Crippen LogP contribution is 2.34. The summed E-state index contributed by atoms with van der Waals surface area (Å²) in [5.74, 6) is 1.82. The van der Waals surface area contributed by atoms with Gasteiger partial charge in [-0.15, -0.1) is 0 Å². The molecule has 192 valence electrons. The van der Waals surface area contributed by atoms with E-state index in [1.807, 2.05) is 0 Å². The standard InChI is InChI=1S/C30H41FO4/c1-3-4-5-6-7-9-23-11-13-24(14-12-23)10-8-21-34-26-16-18-27(19-17-26)35-30(32)25-15-20-29(33-2)28(31)22-25/h15-20,22-24H,3-14,21H2,1-2H3/t23-,24-. The van der Waals surface area contributed by atoms with Crippen molar-refractivity contribution in [1.29, 1.82) is 0 Å². The molecule has 4 nitrogen and oxygen atoms in total. The Kier molecular flexibility index (Phi) is 11.4. The van der Waals surface area contributed by atoms with Crippen molar-refractivity contribution in [3.05, 3.63) is 53.8 Å². The molecular formula is C30H41FO4. The third kappa shape index (κ3) is 9.19. The lowest BCUT2D eigenvalue weighted by Gasteiger charge is -2.28. The van der Waals surface area contributed by atoms with Gasteiger partial charge in [-0.05, 0) is 67.1 Å². The van der Waals surface area contributed by atoms with Crippen LogP contribution < -0.4 is 14.2 Å². The zero-order chi connectivity index (χ0) is 24.9. The molecule has 0 spiro atoms. The van der Waals surface area contributed by atoms with Crippen molar-refractivity contribution >= 4 is 5.97 Å². The number of ether oxygens (including phenoxy) is 3. The summed E-state index contributed by atoms with van der Waals surface area (Å²) < 4.78 is 29.9. The maximum absolute atomic E-state index is 13.8. The molecule has 5 heteroatoms. The topological polar surface area (TPSA) is 44.8 Å². The van der Waals surface area contributed by atoms with Crippen molar-refractivity contribution in [1.82, 2.24) is 0 Å². The van der Waals surface area contributed by atoms with Crippen LogP contribution >= 0.6 is 0 Å². The molecule has 0 aromatic heterocycles. The number of unbranched alkanes of at least 4 members (excludes halogenated alkanes) is 4. The third-order valence-corrected chi connectivity index (χ3v) is 7.13. The van der Waals surface area contributed by atoms with Crippen LogP contribution in [0.15, 0.2) is 42.5 Å². The first-order valence-corrected chi connectivity index (χ1v) is 13.4. The molecule has 0 amide bonds. The number of halogens is 1. The van der Waals surface area contributed by atoms with Crippen molar-refractivity contribution in [2.45, 2.75) is 84.0 Å². The molecule has 1 saturated carbocycles. The number of carbonyl (C=O) groups is 1. The molecule has 1 aliphatic carbocycles. The van der Waals surface area contributed by atoms with Gasteiger partial charge in [0.25, 0.3) is 0 Å². The Bertz CT molecular complexity index is 888. The molecule has 0 aliphatic heterocycles. The number of carbonyl (C=O) groups excluding carboxylic acids is 1. The number of rotatable bonds is 14. The minimum Gasteiger partial charge on any atom is -0.494 e. The number of hydrogen-bond acceptors (Lipinski definition) is 4. The highest BCUT2D eigenvalue weighted by molar-refractivity contribution is 5.91. The normalized spacial score (nSPS) is 17.7. The van der Waals surface area contributed by atoms with E-state index >= 15 is 0 Å². The molecule has 0 saturated heterocycles. The number of hydrogen-bond donors (Lipinski definition) is 0. The van der Waals surface area contributed by atoms with E-state index < -0.39 is 11.8 Å². The summed E-state index contributed by atoms with van der Waals surface area (Å²) in [5.41, 5.74) is 0.129. The van der Waals surface area contributed by atoms with E-state index in [0.29, 0.717) is 12.4 Å². The maximum Gasteiger partial charge on any atom is 0.343 e. The maximum atomic E-state index is 13.8. The molecule has 1 fully saturated rings. The van der Waals surface area contributed by atoms with Gasteiger partial charge in [0.2, 0.25) is 0 Å². The average molecular weight is 485 g/mol. The Morgan fingerprint density at radius 2 is 1.49 bits per heavy atom. The summed E-state index contributed by atoms with van der Waals surface area (Å²) in [6, 6.07) is 11.0. The van der Waals surface area contributed by atoms with Crippen LogP contribution in [0.1, 0.15) is 94.3 Å². The SMILES string of the molecule is CCCCCCC[C@H]1CC[C@H](CCCOc2ccc(OC(=O)c3ccc(OC)c(F)c3)cc2)CC1. The van der Waals surface area contributed by atoms with Crippen LogP contribution in [0.3, 0.4) is 0 Å². The van der Waals surface area contributed by atoms with Crippen molar-refractivity contribution in [3.8, 4) is 17.2 Å². The Morgan fingerprint density at radius 1 is 0.857 bits per heavy atom. The van der Waals surface area contributed by atoms with Crippen LogP contribution in [-0.4, -0.2) is 19.7 Å². The quantitative estimate of drug-likeness (QED) is 0.153. The van der Waals surface area contributed by atoms with Gasteiger partial charge >= 0.3 is 5.97 Å². The van der Waals surface area contributed by atoms with E-state index in [-0.39, 0.29) is 11.3 Å². The van der Waals surface area contributed by atoms with Crippen LogP contribution in [-0.2, 0) is 0 Å². The lowest BCUT2D eigenvalue weighted by Crippen LogP contribution is -2.15. The van der Waals surface area contributed by atoms with E-state index in [1.165, 1.54) is 89.9 Å². The largest absolute Gasteiger partial charge is 0.494 e. The van der Waals surface area contributed by atoms with E-state index in [2.05, 4.69) is 6.92 Å². The second-order valence-electron chi connectivity index (χ2n) is 9.79. The first kappa shape index (κ1) is 27.0. The Balaban J connectivity index is 1.30. The first-order valence-electron chi connectivity index (χ1n) is 13.4. The van der Waals surface area contributed by atoms with Gasteiger partial charge in [-0.25, -0.2) is 9.18 Å². The molecule has 0 heterocycles. The fourth-order valence-corrected chi connectivity index (χ4v) is 4.97. The van der Waals surface area contributed by atoms with Gasteiger partial charge in [-0.3, -0.25) is 0 Å². The van der Waals surface area contributed by atoms with Gasteiger partial charge in [0.15, 0.2) is 11.6 Å². The molecule has 0 atom stereocenters. The van der Waals surface area contributed by atoms with Gasteiger partial charge < -0.3 is 14.2 Å². The van der Waals surface area contributed by atoms with Crippen molar-refractivity contribution in [2.75, 3.05) is 13.7 Å². The highest BCUT2D eigenvalue weighted by Gasteiger charge is 2.20. The van der Waals surface area contributed by atoms with Gasteiger partial charge in [-0.1, -0.05) is 71.1 Å². The van der Waals surface area contributed by atoms with Gasteiger partial charge in [0.1, 0.15) is 11.5 Å². The second kappa shape index (κ2) is 14.8. The monoisotopic (exact) mass is 484 g/mol. The third-order valence-electron chi connectivity index (χ3n) is 7.13. The molecular weight excluding hydrogens is 443 g/mol. The lowest BCUT2D eigenvalue weighted by atomic mass is 9.78. The highest BCUT2D eigenvalue weighted by atomic mass is 19.1. The zero-order valence-electron chi connectivity index (χ0n) is 21.4. The van der Waals surface area contributed by atoms with Gasteiger partial charge in [-0.2, -0.15) is 0 Å². The molecule has 35 heavy (non-hydrogen) atoms. The fraction of sp³-hybridized carbons (Fsp3) is 0.567. The van der Waals surface area contributed by atoms with Crippen LogP contribution in [0.25, 0.3) is 0 Å². The summed E-state index contributed by atoms with van der Waals surface area (Å²) in [4.78, 5) is 12.3. The average Bonchev–Trinajstić information content (AvgIpc) is 2.88. The van der Waals surface area contributed by atoms with Crippen LogP contribution in [0, 0.1) is 17.7 Å². The smallest absolute Gasteiger partial charge is 0.343 e. The minimum atomic E-state index is -0.619. The zero-order valence-corrected chi connectivity index (χ0v) is 21.4. The Hall–Kier alpha value is -2.56. The lowest BCUT2D eigenvalue weighted by molar-refractivity contribution is 0.0734. The van der Waals surface area contributed by atoms with Gasteiger partial charge in [0.05, 0.1) is 19.3 Å². The molecule has 1 aliphatic rings.